The van der Waals surface area contributed by atoms with Gasteiger partial charge in [-0.3, -0.25) is 9.59 Å². The van der Waals surface area contributed by atoms with Crippen molar-refractivity contribution in [1.29, 1.82) is 0 Å². The standard InChI is InChI=1S/C28H27N5O4/c29-25(34)22-7-4-9-30-27(22)37-21-14-28(15-21)12-19(13-28)31-26(35)23-16-33-10-8-20(11-24(33)32-23)36-17-18-5-2-1-3-6-18/h1-11,16,19,21H,12-15,17H2,(H2,29,34)(H,31,35). The summed E-state index contributed by atoms with van der Waals surface area (Å²) < 4.78 is 13.6. The number of fused-ring (bicyclic) bond motifs is 1. The molecule has 3 aromatic heterocycles. The molecule has 2 amide bonds. The molecule has 1 aromatic carbocycles. The Hall–Kier alpha value is -4.40. The van der Waals surface area contributed by atoms with Gasteiger partial charge in [0.1, 0.15) is 35.4 Å². The zero-order valence-electron chi connectivity index (χ0n) is 20.2. The molecular formula is C28H27N5O4. The van der Waals surface area contributed by atoms with Crippen molar-refractivity contribution in [2.75, 3.05) is 0 Å². The van der Waals surface area contributed by atoms with Gasteiger partial charge in [0.15, 0.2) is 0 Å². The van der Waals surface area contributed by atoms with Gasteiger partial charge < -0.3 is 24.9 Å². The van der Waals surface area contributed by atoms with E-state index >= 15 is 0 Å². The lowest BCUT2D eigenvalue weighted by atomic mass is 9.53. The van der Waals surface area contributed by atoms with Crippen molar-refractivity contribution in [3.63, 3.8) is 0 Å². The second-order valence-corrected chi connectivity index (χ2v) is 9.98. The molecule has 6 rings (SSSR count). The molecule has 37 heavy (non-hydrogen) atoms. The van der Waals surface area contributed by atoms with E-state index < -0.39 is 5.91 Å². The molecule has 3 heterocycles. The second-order valence-electron chi connectivity index (χ2n) is 9.98. The number of hydrogen-bond acceptors (Lipinski definition) is 6. The summed E-state index contributed by atoms with van der Waals surface area (Å²) >= 11 is 0. The van der Waals surface area contributed by atoms with Crippen LogP contribution in [-0.4, -0.2) is 38.3 Å². The Labute approximate surface area is 213 Å². The van der Waals surface area contributed by atoms with Crippen molar-refractivity contribution in [3.05, 3.63) is 90.0 Å². The zero-order valence-corrected chi connectivity index (χ0v) is 20.2. The van der Waals surface area contributed by atoms with Crippen LogP contribution in [0.25, 0.3) is 5.65 Å². The third-order valence-corrected chi connectivity index (χ3v) is 7.24. The van der Waals surface area contributed by atoms with Gasteiger partial charge in [-0.15, -0.1) is 0 Å². The number of nitrogens with two attached hydrogens (primary N) is 1. The normalized spacial score (nSPS) is 22.2. The van der Waals surface area contributed by atoms with E-state index in [4.69, 9.17) is 15.2 Å². The van der Waals surface area contributed by atoms with Crippen molar-refractivity contribution in [3.8, 4) is 11.6 Å². The summed E-state index contributed by atoms with van der Waals surface area (Å²) in [7, 11) is 0. The van der Waals surface area contributed by atoms with Gasteiger partial charge in [0.05, 0.1) is 0 Å². The first-order valence-corrected chi connectivity index (χ1v) is 12.3. The van der Waals surface area contributed by atoms with Gasteiger partial charge in [0.2, 0.25) is 5.88 Å². The molecule has 2 aliphatic rings. The Morgan fingerprint density at radius 3 is 2.68 bits per heavy atom. The molecule has 2 saturated carbocycles. The Balaban J connectivity index is 1.00. The fourth-order valence-corrected chi connectivity index (χ4v) is 5.40. The van der Waals surface area contributed by atoms with Gasteiger partial charge in [-0.2, -0.15) is 0 Å². The third-order valence-electron chi connectivity index (χ3n) is 7.24. The SMILES string of the molecule is NC(=O)c1cccnc1OC1CC2(CC(NC(=O)c3cn4ccc(OCc5ccccc5)cc4n3)C2)C1. The molecule has 0 atom stereocenters. The fourth-order valence-electron chi connectivity index (χ4n) is 5.40. The second kappa shape index (κ2) is 9.24. The monoisotopic (exact) mass is 497 g/mol. The predicted octanol–water partition coefficient (Wildman–Crippen LogP) is 3.53. The van der Waals surface area contributed by atoms with Crippen molar-refractivity contribution in [2.24, 2.45) is 11.1 Å². The molecule has 0 radical (unpaired) electrons. The lowest BCUT2D eigenvalue weighted by Gasteiger charge is -2.57. The van der Waals surface area contributed by atoms with E-state index in [0.717, 1.165) is 31.2 Å². The van der Waals surface area contributed by atoms with Crippen LogP contribution in [0.4, 0.5) is 0 Å². The Morgan fingerprint density at radius 2 is 1.89 bits per heavy atom. The minimum Gasteiger partial charge on any atom is -0.489 e. The fraction of sp³-hybridized carbons (Fsp3) is 0.286. The predicted molar refractivity (Wildman–Crippen MR) is 135 cm³/mol. The number of nitrogens with one attached hydrogen (secondary N) is 1. The van der Waals surface area contributed by atoms with Gasteiger partial charge in [-0.25, -0.2) is 9.97 Å². The van der Waals surface area contributed by atoms with Crippen LogP contribution in [0.15, 0.2) is 73.2 Å². The highest BCUT2D eigenvalue weighted by molar-refractivity contribution is 5.95. The summed E-state index contributed by atoms with van der Waals surface area (Å²) in [6.45, 7) is 0.467. The van der Waals surface area contributed by atoms with Crippen molar-refractivity contribution in [2.45, 2.75) is 44.4 Å². The number of benzene rings is 1. The van der Waals surface area contributed by atoms with E-state index in [9.17, 15) is 9.59 Å². The number of pyridine rings is 2. The number of primary amides is 1. The molecule has 9 nitrogen and oxygen atoms in total. The van der Waals surface area contributed by atoms with Crippen molar-refractivity contribution >= 4 is 17.5 Å². The van der Waals surface area contributed by atoms with Crippen molar-refractivity contribution in [1.82, 2.24) is 19.7 Å². The Morgan fingerprint density at radius 1 is 1.08 bits per heavy atom. The molecule has 0 saturated heterocycles. The minimum absolute atomic E-state index is 0.00129. The first kappa shape index (κ1) is 23.0. The van der Waals surface area contributed by atoms with Crippen LogP contribution in [0, 0.1) is 5.41 Å². The molecule has 2 fully saturated rings. The Kier molecular flexibility index (Phi) is 5.75. The third kappa shape index (κ3) is 4.72. The lowest BCUT2D eigenvalue weighted by Crippen LogP contribution is -2.58. The van der Waals surface area contributed by atoms with Crippen LogP contribution in [0.3, 0.4) is 0 Å². The summed E-state index contributed by atoms with van der Waals surface area (Å²) in [5, 5.41) is 3.11. The smallest absolute Gasteiger partial charge is 0.271 e. The van der Waals surface area contributed by atoms with Gasteiger partial charge in [-0.05, 0) is 54.9 Å². The molecule has 0 bridgehead atoms. The average molecular weight is 498 g/mol. The first-order chi connectivity index (χ1) is 18.0. The number of carbonyl (C=O) groups is 2. The molecule has 188 valence electrons. The molecule has 9 heteroatoms. The summed E-state index contributed by atoms with van der Waals surface area (Å²) in [4.78, 5) is 33.1. The number of carbonyl (C=O) groups excluding carboxylic acids is 2. The summed E-state index contributed by atoms with van der Waals surface area (Å²) in [6.07, 6.45) is 8.70. The van der Waals surface area contributed by atoms with Crippen LogP contribution in [-0.2, 0) is 6.61 Å². The van der Waals surface area contributed by atoms with Gasteiger partial charge in [-0.1, -0.05) is 30.3 Å². The molecule has 4 aromatic rings. The molecule has 1 spiro atoms. The highest BCUT2D eigenvalue weighted by atomic mass is 16.5. The van der Waals surface area contributed by atoms with E-state index in [0.29, 0.717) is 35.1 Å². The number of imidazole rings is 1. The molecule has 0 aliphatic heterocycles. The van der Waals surface area contributed by atoms with Crippen LogP contribution in [0.2, 0.25) is 0 Å². The number of rotatable bonds is 8. The molecule has 2 aliphatic carbocycles. The number of amides is 2. The maximum absolute atomic E-state index is 12.8. The van der Waals surface area contributed by atoms with Crippen LogP contribution in [0.1, 0.15) is 52.1 Å². The molecule has 3 N–H and O–H groups in total. The largest absolute Gasteiger partial charge is 0.489 e. The molecular weight excluding hydrogens is 470 g/mol. The number of nitrogens with zero attached hydrogens (tertiary/aromatic N) is 3. The highest BCUT2D eigenvalue weighted by Gasteiger charge is 2.54. The maximum Gasteiger partial charge on any atom is 0.271 e. The maximum atomic E-state index is 12.8. The topological polar surface area (TPSA) is 121 Å². The minimum atomic E-state index is -0.550. The van der Waals surface area contributed by atoms with Crippen LogP contribution in [0.5, 0.6) is 11.6 Å². The zero-order chi connectivity index (χ0) is 25.4. The average Bonchev–Trinajstić information content (AvgIpc) is 3.29. The molecule has 0 unspecified atom stereocenters. The van der Waals surface area contributed by atoms with Gasteiger partial charge >= 0.3 is 0 Å². The van der Waals surface area contributed by atoms with Crippen LogP contribution < -0.4 is 20.5 Å². The van der Waals surface area contributed by atoms with Gasteiger partial charge in [0, 0.05) is 30.7 Å². The van der Waals surface area contributed by atoms with E-state index in [-0.39, 0.29) is 23.5 Å². The Bertz CT molecular complexity index is 1450. The van der Waals surface area contributed by atoms with Gasteiger partial charge in [0.25, 0.3) is 11.8 Å². The van der Waals surface area contributed by atoms with Crippen LogP contribution >= 0.6 is 0 Å². The van der Waals surface area contributed by atoms with E-state index in [1.807, 2.05) is 53.1 Å². The van der Waals surface area contributed by atoms with E-state index in [1.54, 1.807) is 24.5 Å². The number of aromatic nitrogens is 3. The first-order valence-electron chi connectivity index (χ1n) is 12.3. The summed E-state index contributed by atoms with van der Waals surface area (Å²) in [6, 6.07) is 17.0. The quantitative estimate of drug-likeness (QED) is 0.384. The summed E-state index contributed by atoms with van der Waals surface area (Å²) in [5.41, 5.74) is 8.00. The highest BCUT2D eigenvalue weighted by Crippen LogP contribution is 2.56. The van der Waals surface area contributed by atoms with Crippen molar-refractivity contribution < 1.29 is 19.1 Å². The summed E-state index contributed by atoms with van der Waals surface area (Å²) in [5.74, 6) is 0.262. The van der Waals surface area contributed by atoms with E-state index in [2.05, 4.69) is 15.3 Å². The van der Waals surface area contributed by atoms with E-state index in [1.165, 1.54) is 0 Å². The lowest BCUT2D eigenvalue weighted by molar-refractivity contribution is -0.0848. The number of hydrogen-bond donors (Lipinski definition) is 2. The number of ether oxygens (including phenoxy) is 2.